The first-order valence-electron chi connectivity index (χ1n) is 5.84. The molecule has 0 atom stereocenters. The fourth-order valence-corrected chi connectivity index (χ4v) is 2.16. The standard InChI is InChI=1S/C14H15NO/c1-10(16)12-4-5-14-13(8-12)6-7-15(14)9-11-2-3-11/h4-8,11H,2-3,9H2,1H3. The van der Waals surface area contributed by atoms with E-state index in [4.69, 9.17) is 0 Å². The van der Waals surface area contributed by atoms with Crippen LogP contribution in [-0.2, 0) is 6.54 Å². The average Bonchev–Trinajstić information content (AvgIpc) is 2.99. The third-order valence-corrected chi connectivity index (χ3v) is 3.33. The molecule has 0 aliphatic heterocycles. The van der Waals surface area contributed by atoms with Crippen LogP contribution in [0.1, 0.15) is 30.1 Å². The quantitative estimate of drug-likeness (QED) is 0.717. The summed E-state index contributed by atoms with van der Waals surface area (Å²) in [7, 11) is 0. The van der Waals surface area contributed by atoms with Crippen LogP contribution in [0.2, 0.25) is 0 Å². The molecule has 1 aromatic heterocycles. The van der Waals surface area contributed by atoms with Crippen LogP contribution in [-0.4, -0.2) is 10.4 Å². The third-order valence-electron chi connectivity index (χ3n) is 3.33. The van der Waals surface area contributed by atoms with Gasteiger partial charge in [-0.3, -0.25) is 4.79 Å². The Labute approximate surface area is 94.9 Å². The van der Waals surface area contributed by atoms with Gasteiger partial charge in [-0.25, -0.2) is 0 Å². The highest BCUT2D eigenvalue weighted by Gasteiger charge is 2.22. The minimum atomic E-state index is 0.136. The number of hydrogen-bond acceptors (Lipinski definition) is 1. The molecule has 2 nitrogen and oxygen atoms in total. The molecule has 2 aromatic rings. The number of carbonyl (C=O) groups excluding carboxylic acids is 1. The van der Waals surface area contributed by atoms with Gasteiger partial charge in [0.2, 0.25) is 0 Å². The van der Waals surface area contributed by atoms with Gasteiger partial charge in [-0.05, 0) is 49.9 Å². The van der Waals surface area contributed by atoms with E-state index in [9.17, 15) is 4.79 Å². The van der Waals surface area contributed by atoms with Crippen LogP contribution in [0.25, 0.3) is 10.9 Å². The predicted molar refractivity (Wildman–Crippen MR) is 64.7 cm³/mol. The smallest absolute Gasteiger partial charge is 0.159 e. The molecule has 0 radical (unpaired) electrons. The van der Waals surface area contributed by atoms with Crippen molar-refractivity contribution in [3.63, 3.8) is 0 Å². The zero-order valence-electron chi connectivity index (χ0n) is 9.44. The number of fused-ring (bicyclic) bond motifs is 1. The molecular weight excluding hydrogens is 198 g/mol. The Kier molecular flexibility index (Phi) is 2.10. The largest absolute Gasteiger partial charge is 0.347 e. The van der Waals surface area contributed by atoms with Crippen molar-refractivity contribution in [2.45, 2.75) is 26.3 Å². The molecule has 1 aliphatic carbocycles. The topological polar surface area (TPSA) is 22.0 Å². The van der Waals surface area contributed by atoms with E-state index in [0.717, 1.165) is 18.0 Å². The fourth-order valence-electron chi connectivity index (χ4n) is 2.16. The van der Waals surface area contributed by atoms with Gasteiger partial charge in [0.1, 0.15) is 0 Å². The molecule has 0 amide bonds. The van der Waals surface area contributed by atoms with E-state index < -0.39 is 0 Å². The average molecular weight is 213 g/mol. The van der Waals surface area contributed by atoms with E-state index in [1.807, 2.05) is 12.1 Å². The van der Waals surface area contributed by atoms with E-state index >= 15 is 0 Å². The monoisotopic (exact) mass is 213 g/mol. The van der Waals surface area contributed by atoms with Gasteiger partial charge in [0.15, 0.2) is 5.78 Å². The maximum atomic E-state index is 11.3. The normalized spacial score (nSPS) is 15.6. The maximum Gasteiger partial charge on any atom is 0.159 e. The summed E-state index contributed by atoms with van der Waals surface area (Å²) in [6.45, 7) is 2.74. The molecule has 16 heavy (non-hydrogen) atoms. The molecule has 0 N–H and O–H groups in total. The molecule has 1 saturated carbocycles. The Bertz CT molecular complexity index is 549. The lowest BCUT2D eigenvalue weighted by Crippen LogP contribution is -1.98. The van der Waals surface area contributed by atoms with E-state index in [1.54, 1.807) is 6.92 Å². The molecule has 1 fully saturated rings. The molecular formula is C14H15NO. The van der Waals surface area contributed by atoms with Gasteiger partial charge < -0.3 is 4.57 Å². The summed E-state index contributed by atoms with van der Waals surface area (Å²) in [5.41, 5.74) is 2.05. The number of rotatable bonds is 3. The van der Waals surface area contributed by atoms with Crippen molar-refractivity contribution in [1.82, 2.24) is 4.57 Å². The number of hydrogen-bond donors (Lipinski definition) is 0. The highest BCUT2D eigenvalue weighted by atomic mass is 16.1. The molecule has 0 spiro atoms. The molecule has 1 aliphatic rings. The Morgan fingerprint density at radius 1 is 1.38 bits per heavy atom. The zero-order chi connectivity index (χ0) is 11.1. The van der Waals surface area contributed by atoms with Crippen molar-refractivity contribution in [1.29, 1.82) is 0 Å². The molecule has 2 heteroatoms. The van der Waals surface area contributed by atoms with Crippen molar-refractivity contribution in [2.24, 2.45) is 5.92 Å². The van der Waals surface area contributed by atoms with E-state index in [1.165, 1.54) is 23.7 Å². The van der Waals surface area contributed by atoms with Gasteiger partial charge >= 0.3 is 0 Å². The highest BCUT2D eigenvalue weighted by Crippen LogP contribution is 2.32. The molecule has 0 unspecified atom stereocenters. The highest BCUT2D eigenvalue weighted by molar-refractivity contribution is 5.98. The molecule has 1 aromatic carbocycles. The summed E-state index contributed by atoms with van der Waals surface area (Å²) in [6.07, 6.45) is 4.86. The third kappa shape index (κ3) is 1.64. The van der Waals surface area contributed by atoms with Crippen molar-refractivity contribution in [3.05, 3.63) is 36.0 Å². The number of carbonyl (C=O) groups is 1. The minimum Gasteiger partial charge on any atom is -0.347 e. The van der Waals surface area contributed by atoms with E-state index in [-0.39, 0.29) is 5.78 Å². The number of ketones is 1. The second kappa shape index (κ2) is 3.48. The number of aromatic nitrogens is 1. The first kappa shape index (κ1) is 9.64. The summed E-state index contributed by atoms with van der Waals surface area (Å²) in [4.78, 5) is 11.3. The molecule has 82 valence electrons. The molecule has 1 heterocycles. The zero-order valence-corrected chi connectivity index (χ0v) is 9.44. The van der Waals surface area contributed by atoms with Crippen LogP contribution in [0.3, 0.4) is 0 Å². The Morgan fingerprint density at radius 3 is 2.88 bits per heavy atom. The summed E-state index contributed by atoms with van der Waals surface area (Å²) >= 11 is 0. The predicted octanol–water partition coefficient (Wildman–Crippen LogP) is 3.25. The van der Waals surface area contributed by atoms with Crippen molar-refractivity contribution < 1.29 is 4.79 Å². The maximum absolute atomic E-state index is 11.3. The van der Waals surface area contributed by atoms with Gasteiger partial charge in [-0.15, -0.1) is 0 Å². The van der Waals surface area contributed by atoms with Gasteiger partial charge in [-0.2, -0.15) is 0 Å². The molecule has 3 rings (SSSR count). The fraction of sp³-hybridized carbons (Fsp3) is 0.357. The lowest BCUT2D eigenvalue weighted by Gasteiger charge is -2.04. The first-order chi connectivity index (χ1) is 7.74. The van der Waals surface area contributed by atoms with Crippen molar-refractivity contribution in [3.8, 4) is 0 Å². The lowest BCUT2D eigenvalue weighted by molar-refractivity contribution is 0.101. The van der Waals surface area contributed by atoms with Gasteiger partial charge in [0, 0.05) is 29.2 Å². The van der Waals surface area contributed by atoms with Crippen LogP contribution in [0.15, 0.2) is 30.5 Å². The van der Waals surface area contributed by atoms with Crippen LogP contribution in [0, 0.1) is 5.92 Å². The van der Waals surface area contributed by atoms with Gasteiger partial charge in [0.05, 0.1) is 0 Å². The number of benzene rings is 1. The lowest BCUT2D eigenvalue weighted by atomic mass is 10.1. The summed E-state index contributed by atoms with van der Waals surface area (Å²) in [5, 5.41) is 1.17. The van der Waals surface area contributed by atoms with E-state index in [0.29, 0.717) is 0 Å². The SMILES string of the molecule is CC(=O)c1ccc2c(ccn2CC2CC2)c1. The Balaban J connectivity index is 2.02. The second-order valence-electron chi connectivity index (χ2n) is 4.74. The van der Waals surface area contributed by atoms with Crippen molar-refractivity contribution in [2.75, 3.05) is 0 Å². The minimum absolute atomic E-state index is 0.136. The van der Waals surface area contributed by atoms with Crippen LogP contribution in [0.4, 0.5) is 0 Å². The number of Topliss-reactive ketones (excluding diaryl/α,β-unsaturated/α-hetero) is 1. The summed E-state index contributed by atoms with van der Waals surface area (Å²) in [5.74, 6) is 1.01. The van der Waals surface area contributed by atoms with Crippen LogP contribution >= 0.6 is 0 Å². The van der Waals surface area contributed by atoms with E-state index in [2.05, 4.69) is 22.9 Å². The number of nitrogens with zero attached hydrogens (tertiary/aromatic N) is 1. The summed E-state index contributed by atoms with van der Waals surface area (Å²) in [6, 6.07) is 8.08. The second-order valence-corrected chi connectivity index (χ2v) is 4.74. The summed E-state index contributed by atoms with van der Waals surface area (Å²) < 4.78 is 2.30. The van der Waals surface area contributed by atoms with Gasteiger partial charge in [0.25, 0.3) is 0 Å². The Hall–Kier alpha value is -1.57. The van der Waals surface area contributed by atoms with Crippen molar-refractivity contribution >= 4 is 16.7 Å². The van der Waals surface area contributed by atoms with Crippen LogP contribution in [0.5, 0.6) is 0 Å². The molecule has 0 saturated heterocycles. The first-order valence-corrected chi connectivity index (χ1v) is 5.84. The Morgan fingerprint density at radius 2 is 2.19 bits per heavy atom. The van der Waals surface area contributed by atoms with Gasteiger partial charge in [-0.1, -0.05) is 0 Å². The molecule has 0 bridgehead atoms. The van der Waals surface area contributed by atoms with Crippen LogP contribution < -0.4 is 0 Å².